The number of para-hydroxylation sites is 1. The highest BCUT2D eigenvalue weighted by atomic mass is 32.1. The van der Waals surface area contributed by atoms with Crippen molar-refractivity contribution in [3.63, 3.8) is 0 Å². The Bertz CT molecular complexity index is 5590. The summed E-state index contributed by atoms with van der Waals surface area (Å²) in [5.74, 6) is 3.48. The van der Waals surface area contributed by atoms with Gasteiger partial charge in [0.05, 0.1) is 72.1 Å². The smallest absolute Gasteiger partial charge is 0.347 e. The van der Waals surface area contributed by atoms with E-state index in [2.05, 4.69) is 104 Å². The first-order chi connectivity index (χ1) is 57.9. The molecular weight excluding hydrogens is 1540 g/mol. The number of rotatable bonds is 38. The summed E-state index contributed by atoms with van der Waals surface area (Å²) in [5.41, 5.74) is 3.66. The van der Waals surface area contributed by atoms with Crippen LogP contribution in [0.15, 0.2) is 199 Å². The highest BCUT2D eigenvalue weighted by Gasteiger charge is 2.25. The first-order valence-electron chi connectivity index (χ1n) is 42.7. The largest absolute Gasteiger partial charge is 0.493 e. The van der Waals surface area contributed by atoms with E-state index in [9.17, 15) is 33.6 Å². The molecule has 0 fully saturated rings. The summed E-state index contributed by atoms with van der Waals surface area (Å²) in [7, 11) is 0. The van der Waals surface area contributed by atoms with Crippen LogP contribution in [0.1, 0.15) is 229 Å². The first-order valence-corrected chi connectivity index (χ1v) is 44.4. The van der Waals surface area contributed by atoms with Crippen molar-refractivity contribution in [2.75, 3.05) is 32.8 Å². The number of nitrogens with one attached hydrogen (secondary N) is 2. The quantitative estimate of drug-likeness (QED) is 0.0340. The van der Waals surface area contributed by atoms with Crippen LogP contribution in [0, 0.1) is 29.6 Å². The Morgan fingerprint density at radius 2 is 0.891 bits per heavy atom. The number of hydrogen-bond acceptors (Lipinski definition) is 20. The van der Waals surface area contributed by atoms with Gasteiger partial charge >= 0.3 is 28.5 Å². The number of carbonyl (C=O) groups is 3. The number of amides is 2. The fraction of sp³-hybridized carbons (Fsp3) is 0.417. The molecule has 0 saturated carbocycles. The van der Waals surface area contributed by atoms with Gasteiger partial charge in [-0.15, -0.1) is 22.7 Å². The van der Waals surface area contributed by atoms with Crippen molar-refractivity contribution >= 4 is 95.0 Å². The van der Waals surface area contributed by atoms with E-state index in [1.54, 1.807) is 72.9 Å². The van der Waals surface area contributed by atoms with Crippen LogP contribution in [0.4, 0.5) is 0 Å². The highest BCUT2D eigenvalue weighted by Crippen LogP contribution is 2.31. The Hall–Kier alpha value is -11.0. The first kappa shape index (κ1) is 90.3. The second-order valence-corrected chi connectivity index (χ2v) is 32.3. The average molecular weight is 1650 g/mol. The molecule has 0 aliphatic rings. The fourth-order valence-corrected chi connectivity index (χ4v) is 15.4. The molecule has 0 saturated heterocycles. The third kappa shape index (κ3) is 25.5. The minimum Gasteiger partial charge on any atom is -0.493 e. The molecule has 119 heavy (non-hydrogen) atoms. The Kier molecular flexibility index (Phi) is 35.2. The molecular formula is C96H114N8O13S2. The van der Waals surface area contributed by atoms with Crippen molar-refractivity contribution in [3.05, 3.63) is 221 Å². The zero-order chi connectivity index (χ0) is 84.6. The van der Waals surface area contributed by atoms with Crippen LogP contribution in [0.25, 0.3) is 99.2 Å². The summed E-state index contributed by atoms with van der Waals surface area (Å²) in [5, 5.41) is 9.21. The molecule has 21 nitrogen and oxygen atoms in total. The van der Waals surface area contributed by atoms with Gasteiger partial charge in [-0.2, -0.15) is 0 Å². The van der Waals surface area contributed by atoms with Gasteiger partial charge in [0.25, 0.3) is 11.8 Å². The number of hydrogen-bond donors (Lipinski definition) is 2. The molecule has 13 aromatic rings. The number of nitrogens with zero attached hydrogens (tertiary/aromatic N) is 6. The number of aromatic amines is 1. The maximum absolute atomic E-state index is 13.8. The van der Waals surface area contributed by atoms with E-state index in [0.29, 0.717) is 133 Å². The second kappa shape index (κ2) is 46.4. The highest BCUT2D eigenvalue weighted by molar-refractivity contribution is 7.13. The summed E-state index contributed by atoms with van der Waals surface area (Å²) >= 11 is 2.93. The number of benzene rings is 5. The number of pyridine rings is 1. The maximum atomic E-state index is 13.8. The van der Waals surface area contributed by atoms with Crippen molar-refractivity contribution in [2.45, 2.75) is 198 Å². The number of unbranched alkanes of at least 4 members (excludes halogenated alkanes) is 5. The molecule has 2 N–H and O–H groups in total. The van der Waals surface area contributed by atoms with Crippen molar-refractivity contribution in [2.24, 2.45) is 29.6 Å². The number of thiophene rings is 2. The summed E-state index contributed by atoms with van der Waals surface area (Å²) < 4.78 is 33.1. The number of carbonyl (C=O) groups excluding carboxylic acids is 3. The molecule has 5 aromatic carbocycles. The lowest BCUT2D eigenvalue weighted by molar-refractivity contribution is 0.0428. The number of fused-ring (bicyclic) bond motifs is 5. The van der Waals surface area contributed by atoms with Crippen molar-refractivity contribution < 1.29 is 41.5 Å². The summed E-state index contributed by atoms with van der Waals surface area (Å²) in [6, 6.07) is 43.0. The van der Waals surface area contributed by atoms with E-state index in [1.807, 2.05) is 88.5 Å². The van der Waals surface area contributed by atoms with Gasteiger partial charge in [-0.1, -0.05) is 202 Å². The van der Waals surface area contributed by atoms with E-state index in [-0.39, 0.29) is 29.0 Å². The minimum absolute atomic E-state index is 0.00136. The van der Waals surface area contributed by atoms with Crippen molar-refractivity contribution in [1.29, 1.82) is 0 Å². The molecule has 2 amide bonds. The molecule has 0 spiro atoms. The monoisotopic (exact) mass is 1650 g/mol. The van der Waals surface area contributed by atoms with Gasteiger partial charge in [-0.05, 0) is 182 Å². The summed E-state index contributed by atoms with van der Waals surface area (Å²) in [6.45, 7) is 25.0. The third-order valence-electron chi connectivity index (χ3n) is 21.8. The molecule has 0 aliphatic carbocycles. The lowest BCUT2D eigenvalue weighted by atomic mass is 9.95. The van der Waals surface area contributed by atoms with Gasteiger partial charge in [0, 0.05) is 47.9 Å². The van der Waals surface area contributed by atoms with Crippen LogP contribution in [0.3, 0.4) is 0 Å². The molecule has 8 aromatic heterocycles. The second-order valence-electron chi connectivity index (χ2n) is 30.5. The summed E-state index contributed by atoms with van der Waals surface area (Å²) in [4.78, 5) is 118. The standard InChI is InChI=1S/C29H40N2O3S.C24H26N2O3.C22H24N2O4.C21H24N2O3S/c1-5-9-12-21(7-3)19-31(20-22(8-4)13-10-6-2)28(32)23-15-16-25-24(18-23)29(33)34-27(30-25)26-14-11-17-35-26;1-3-5-8-16(4-2)15-28-18-11-12-21-19(14-18)24(27)29-23(26-21)22-13-17-9-6-7-10-20(17)25-22;1-3-5-8-15(4-2)14-27-21(25)16-10-11-18-17(13-16)22(26)28-20(24-18)19-9-6-7-12-23-19;1-3-5-7-14(4-2)13-22-19(24)15-9-10-17-16(12-15)21(25)26-20(23-17)18-8-6-11-27-18/h11,14-18,21-22H,5-10,12-13,19-20H2,1-4H3;6-7,9-14,16,25H,3-5,8,15H2,1-2H3;6-7,9-13,15H,3-5,8,14H2,1-2H3;6,8-12,14H,3-5,7,13H2,1-2H3,(H,22,24). The molecule has 0 bridgehead atoms. The molecule has 5 unspecified atom stereocenters. The van der Waals surface area contributed by atoms with Crippen LogP contribution < -0.4 is 32.6 Å². The third-order valence-corrected chi connectivity index (χ3v) is 23.5. The number of esters is 1. The van der Waals surface area contributed by atoms with E-state index in [0.717, 1.165) is 117 Å². The van der Waals surface area contributed by atoms with Crippen molar-refractivity contribution in [1.82, 2.24) is 40.1 Å². The van der Waals surface area contributed by atoms with Gasteiger partial charge in [0.15, 0.2) is 0 Å². The predicted molar refractivity (Wildman–Crippen MR) is 479 cm³/mol. The topological polar surface area (TPSA) is 286 Å². The number of H-pyrrole nitrogens is 1. The van der Waals surface area contributed by atoms with Crippen LogP contribution in [-0.4, -0.2) is 85.4 Å². The SMILES string of the molecule is CCCCC(CC)CN(CC(CC)CCCC)C(=O)c1ccc2nc(-c3cccs3)oc(=O)c2c1.CCCCC(CC)CNC(=O)c1ccc2nc(-c3cccs3)oc(=O)c2c1.CCCCC(CC)COC(=O)c1ccc2nc(-c3ccccn3)oc(=O)c2c1.CCCCC(CC)COc1ccc2nc(-c3cc4ccccc4[nH]3)oc(=O)c2c1. The van der Waals surface area contributed by atoms with Gasteiger partial charge in [0.1, 0.15) is 17.1 Å². The van der Waals surface area contributed by atoms with Crippen LogP contribution in [0.5, 0.6) is 5.75 Å². The molecule has 13 rings (SSSR count). The maximum Gasteiger partial charge on any atom is 0.347 e. The van der Waals surface area contributed by atoms with E-state index in [1.165, 1.54) is 73.7 Å². The van der Waals surface area contributed by atoms with Gasteiger partial charge in [0.2, 0.25) is 23.6 Å². The lowest BCUT2D eigenvalue weighted by Gasteiger charge is -2.31. The molecule has 0 radical (unpaired) electrons. The zero-order valence-corrected chi connectivity index (χ0v) is 72.1. The summed E-state index contributed by atoms with van der Waals surface area (Å²) in [6.07, 6.45) is 24.1. The average Bonchev–Trinajstić information content (AvgIpc) is 1.74. The Labute approximate surface area is 703 Å². The molecule has 0 aliphatic heterocycles. The Morgan fingerprint density at radius 1 is 0.445 bits per heavy atom. The van der Waals surface area contributed by atoms with Crippen LogP contribution >= 0.6 is 22.7 Å². The zero-order valence-electron chi connectivity index (χ0n) is 70.5. The fourth-order valence-electron chi connectivity index (χ4n) is 14.1. The Balaban J connectivity index is 0.000000168. The van der Waals surface area contributed by atoms with E-state index in [4.69, 9.17) is 27.1 Å². The normalized spacial score (nSPS) is 12.5. The minimum atomic E-state index is -0.560. The van der Waals surface area contributed by atoms with Gasteiger partial charge < -0.3 is 42.3 Å². The van der Waals surface area contributed by atoms with Crippen LogP contribution in [0.2, 0.25) is 0 Å². The van der Waals surface area contributed by atoms with Gasteiger partial charge in [-0.3, -0.25) is 14.6 Å². The number of ether oxygens (including phenoxy) is 2. The molecule has 23 heteroatoms. The van der Waals surface area contributed by atoms with Crippen molar-refractivity contribution in [3.8, 4) is 50.5 Å². The number of aromatic nitrogens is 6. The Morgan fingerprint density at radius 3 is 1.40 bits per heavy atom. The molecule has 628 valence electrons. The van der Waals surface area contributed by atoms with Gasteiger partial charge in [-0.25, -0.2) is 43.9 Å². The molecule has 5 atom stereocenters. The molecule has 8 heterocycles. The lowest BCUT2D eigenvalue weighted by Crippen LogP contribution is -2.39. The predicted octanol–water partition coefficient (Wildman–Crippen LogP) is 23.2. The van der Waals surface area contributed by atoms with Crippen LogP contribution in [-0.2, 0) is 4.74 Å². The van der Waals surface area contributed by atoms with E-state index < -0.39 is 28.5 Å². The van der Waals surface area contributed by atoms with E-state index >= 15 is 0 Å².